The summed E-state index contributed by atoms with van der Waals surface area (Å²) in [6, 6.07) is 4.10. The number of sulfonamides is 1. The van der Waals surface area contributed by atoms with Crippen LogP contribution in [-0.4, -0.2) is 124 Å². The molecule has 6 rings (SSSR count). The monoisotopic (exact) mass is 712 g/mol. The van der Waals surface area contributed by atoms with Crippen LogP contribution >= 0.6 is 11.8 Å². The van der Waals surface area contributed by atoms with Gasteiger partial charge in [0.25, 0.3) is 0 Å². The van der Waals surface area contributed by atoms with Gasteiger partial charge in [0.15, 0.2) is 0 Å². The number of benzene rings is 1. The molecule has 5 heterocycles. The lowest BCUT2D eigenvalue weighted by molar-refractivity contribution is -0.139. The van der Waals surface area contributed by atoms with Gasteiger partial charge in [0, 0.05) is 105 Å². The molecule has 264 valence electrons. The van der Waals surface area contributed by atoms with Gasteiger partial charge in [-0.1, -0.05) is 6.07 Å². The van der Waals surface area contributed by atoms with Crippen molar-refractivity contribution in [2.45, 2.75) is 81.3 Å². The van der Waals surface area contributed by atoms with Crippen LogP contribution in [0.1, 0.15) is 55.3 Å². The number of alkyl halides is 3. The van der Waals surface area contributed by atoms with E-state index in [-0.39, 0.29) is 42.4 Å². The predicted octanol–water partition coefficient (Wildman–Crippen LogP) is 3.05. The van der Waals surface area contributed by atoms with Crippen LogP contribution < -0.4 is 0 Å². The number of thioether (sulfide) groups is 1. The molecule has 1 atom stereocenters. The molecule has 0 spiro atoms. The van der Waals surface area contributed by atoms with Crippen LogP contribution in [0.2, 0.25) is 0 Å². The third kappa shape index (κ3) is 7.87. The minimum absolute atomic E-state index is 0.0123. The van der Waals surface area contributed by atoms with Crippen molar-refractivity contribution < 1.29 is 36.3 Å². The number of β-amino-alcohol motifs (C(OH)–C–C–N with tert-alkyl or cyclic N) is 1. The van der Waals surface area contributed by atoms with Gasteiger partial charge in [0.05, 0.1) is 30.2 Å². The van der Waals surface area contributed by atoms with Crippen molar-refractivity contribution in [3.63, 3.8) is 0 Å². The number of carbonyl (C=O) groups excluding carboxylic acids is 2. The molecule has 3 fully saturated rings. The Labute approximate surface area is 283 Å². The zero-order valence-corrected chi connectivity index (χ0v) is 28.8. The predicted molar refractivity (Wildman–Crippen MR) is 175 cm³/mol. The Kier molecular flexibility index (Phi) is 10.5. The number of fused-ring (bicyclic) bond motifs is 1. The van der Waals surface area contributed by atoms with Crippen LogP contribution in [0.5, 0.6) is 0 Å². The van der Waals surface area contributed by atoms with Gasteiger partial charge in [0.2, 0.25) is 21.8 Å². The van der Waals surface area contributed by atoms with Crippen molar-refractivity contribution >= 4 is 33.6 Å². The summed E-state index contributed by atoms with van der Waals surface area (Å²) >= 11 is 1.04. The second-order valence-corrected chi connectivity index (χ2v) is 16.3. The third-order valence-corrected chi connectivity index (χ3v) is 12.2. The highest BCUT2D eigenvalue weighted by Crippen LogP contribution is 2.40. The van der Waals surface area contributed by atoms with Crippen molar-refractivity contribution in [1.82, 2.24) is 28.8 Å². The second-order valence-electron chi connectivity index (χ2n) is 13.2. The fourth-order valence-corrected chi connectivity index (χ4v) is 9.25. The van der Waals surface area contributed by atoms with Crippen molar-refractivity contribution in [1.29, 1.82) is 0 Å². The van der Waals surface area contributed by atoms with Crippen LogP contribution in [-0.2, 0) is 45.3 Å². The first kappa shape index (κ1) is 35.2. The van der Waals surface area contributed by atoms with E-state index in [9.17, 15) is 36.3 Å². The summed E-state index contributed by atoms with van der Waals surface area (Å²) < 4.78 is 70.2. The molecule has 1 unspecified atom stereocenters. The van der Waals surface area contributed by atoms with E-state index >= 15 is 0 Å². The van der Waals surface area contributed by atoms with Gasteiger partial charge in [-0.3, -0.25) is 14.3 Å². The zero-order valence-electron chi connectivity index (χ0n) is 27.1. The number of hydrogen-bond donors (Lipinski definition) is 1. The Morgan fingerprint density at radius 2 is 1.73 bits per heavy atom. The lowest BCUT2D eigenvalue weighted by Crippen LogP contribution is -2.47. The SMILES string of the molecule is CS(=O)(=O)N1CCc2c(c(-c3ccc(C(F)(F)F)c(SCCN4CCCC4=O)c3)nn2CC(O)CN2CCC(N3CCCC3=O)CC2)C1. The Morgan fingerprint density at radius 3 is 2.38 bits per heavy atom. The van der Waals surface area contributed by atoms with E-state index in [0.29, 0.717) is 61.5 Å². The number of hydrogen-bond acceptors (Lipinski definition) is 8. The maximum Gasteiger partial charge on any atom is 0.417 e. The number of aliphatic hydroxyl groups excluding tert-OH is 1. The normalized spacial score (nSPS) is 21.0. The van der Waals surface area contributed by atoms with Gasteiger partial charge in [-0.05, 0) is 37.8 Å². The molecule has 0 saturated carbocycles. The number of piperidine rings is 1. The lowest BCUT2D eigenvalue weighted by Gasteiger charge is -2.37. The first-order valence-corrected chi connectivity index (χ1v) is 19.5. The second kappa shape index (κ2) is 14.3. The molecule has 1 aromatic heterocycles. The summed E-state index contributed by atoms with van der Waals surface area (Å²) in [6.45, 7) is 4.11. The molecule has 4 aliphatic heterocycles. The largest absolute Gasteiger partial charge is 0.417 e. The number of nitrogens with zero attached hydrogens (tertiary/aromatic N) is 6. The number of rotatable bonds is 11. The molecule has 2 aromatic rings. The summed E-state index contributed by atoms with van der Waals surface area (Å²) in [5.74, 6) is 0.530. The topological polar surface area (TPSA) is 119 Å². The highest BCUT2D eigenvalue weighted by Gasteiger charge is 2.36. The van der Waals surface area contributed by atoms with Gasteiger partial charge in [0.1, 0.15) is 0 Å². The molecule has 16 heteroatoms. The van der Waals surface area contributed by atoms with E-state index in [4.69, 9.17) is 5.10 Å². The summed E-state index contributed by atoms with van der Waals surface area (Å²) in [4.78, 5) is 30.1. The smallest absolute Gasteiger partial charge is 0.390 e. The molecule has 3 saturated heterocycles. The molecule has 1 N–H and O–H groups in total. The number of likely N-dealkylation sites (tertiary alicyclic amines) is 3. The number of aliphatic hydroxyl groups is 1. The molecule has 1 aromatic carbocycles. The third-order valence-electron chi connectivity index (χ3n) is 9.88. The van der Waals surface area contributed by atoms with Crippen LogP contribution in [0.3, 0.4) is 0 Å². The van der Waals surface area contributed by atoms with Crippen LogP contribution in [0.4, 0.5) is 13.2 Å². The fourth-order valence-electron chi connectivity index (χ4n) is 7.39. The van der Waals surface area contributed by atoms with E-state index in [0.717, 1.165) is 75.1 Å². The van der Waals surface area contributed by atoms with Crippen molar-refractivity contribution in [2.75, 3.05) is 57.8 Å². The number of aromatic nitrogens is 2. The summed E-state index contributed by atoms with van der Waals surface area (Å²) in [5, 5.41) is 16.0. The Balaban J connectivity index is 1.21. The van der Waals surface area contributed by atoms with Gasteiger partial charge in [-0.15, -0.1) is 11.8 Å². The highest BCUT2D eigenvalue weighted by molar-refractivity contribution is 7.99. The number of amides is 2. The van der Waals surface area contributed by atoms with Crippen LogP contribution in [0.25, 0.3) is 11.3 Å². The molecule has 4 aliphatic rings. The van der Waals surface area contributed by atoms with Gasteiger partial charge in [-0.25, -0.2) is 8.42 Å². The highest BCUT2D eigenvalue weighted by atomic mass is 32.2. The van der Waals surface area contributed by atoms with Crippen molar-refractivity contribution in [3.8, 4) is 11.3 Å². The standard InChI is InChI=1S/C32H43F3N6O5S2/c1-48(45,46)39-15-10-27-25(21-39)31(22-6-7-26(32(33,34)35)28(18-22)47-17-16-38-11-2-4-29(38)43)36-41(27)20-24(42)19-37-13-8-23(9-14-37)40-12-3-5-30(40)44/h6-7,18,23-24,42H,2-5,8-17,19-21H2,1H3. The molecule has 0 bridgehead atoms. The first-order valence-electron chi connectivity index (χ1n) is 16.6. The van der Waals surface area contributed by atoms with Gasteiger partial charge < -0.3 is 19.8 Å². The molecule has 0 radical (unpaired) electrons. The fraction of sp³-hybridized carbons (Fsp3) is 0.656. The first-order chi connectivity index (χ1) is 22.8. The molecule has 11 nitrogen and oxygen atoms in total. The van der Waals surface area contributed by atoms with Crippen molar-refractivity contribution in [3.05, 3.63) is 35.0 Å². The van der Waals surface area contributed by atoms with E-state index in [1.165, 1.54) is 16.4 Å². The van der Waals surface area contributed by atoms with E-state index in [1.54, 1.807) is 9.58 Å². The minimum atomic E-state index is -4.58. The van der Waals surface area contributed by atoms with E-state index in [1.807, 2.05) is 4.90 Å². The summed E-state index contributed by atoms with van der Waals surface area (Å²) in [7, 11) is -3.54. The molecule has 2 amide bonds. The molecule has 0 aliphatic carbocycles. The maximum absolute atomic E-state index is 14.1. The Hall–Kier alpha value is -2.66. The van der Waals surface area contributed by atoms with Crippen LogP contribution in [0, 0.1) is 0 Å². The Morgan fingerprint density at radius 1 is 1.00 bits per heavy atom. The quantitative estimate of drug-likeness (QED) is 0.354. The van der Waals surface area contributed by atoms with Gasteiger partial charge in [-0.2, -0.15) is 22.6 Å². The average Bonchev–Trinajstić information content (AvgIpc) is 3.75. The summed E-state index contributed by atoms with van der Waals surface area (Å²) in [6.07, 6.45) is 0.544. The van der Waals surface area contributed by atoms with E-state index < -0.39 is 27.9 Å². The molecular formula is C32H43F3N6O5S2. The number of carbonyl (C=O) groups is 2. The Bertz CT molecular complexity index is 1630. The molecule has 48 heavy (non-hydrogen) atoms. The molecular weight excluding hydrogens is 670 g/mol. The van der Waals surface area contributed by atoms with E-state index in [2.05, 4.69) is 4.90 Å². The van der Waals surface area contributed by atoms with Gasteiger partial charge >= 0.3 is 6.18 Å². The lowest BCUT2D eigenvalue weighted by atomic mass is 10.0. The maximum atomic E-state index is 14.1. The van der Waals surface area contributed by atoms with Crippen LogP contribution in [0.15, 0.2) is 23.1 Å². The van der Waals surface area contributed by atoms with Crippen molar-refractivity contribution in [2.24, 2.45) is 0 Å². The average molecular weight is 713 g/mol. The zero-order chi connectivity index (χ0) is 34.2. The number of halogens is 3. The summed E-state index contributed by atoms with van der Waals surface area (Å²) in [5.41, 5.74) is 1.43. The minimum Gasteiger partial charge on any atom is -0.390 e.